The molecule has 1 aliphatic rings. The molecule has 0 atom stereocenters. The van der Waals surface area contributed by atoms with Crippen molar-refractivity contribution < 1.29 is 4.79 Å². The van der Waals surface area contributed by atoms with Gasteiger partial charge in [-0.3, -0.25) is 9.78 Å². The second-order valence-electron chi connectivity index (χ2n) is 3.70. The molecule has 1 aliphatic carbocycles. The summed E-state index contributed by atoms with van der Waals surface area (Å²) in [4.78, 5) is 15.5. The Bertz CT molecular complexity index is 455. The highest BCUT2D eigenvalue weighted by Crippen LogP contribution is 2.19. The van der Waals surface area contributed by atoms with E-state index in [-0.39, 0.29) is 17.5 Å². The van der Waals surface area contributed by atoms with E-state index in [9.17, 15) is 4.79 Å². The van der Waals surface area contributed by atoms with Crippen LogP contribution in [0.1, 0.15) is 18.4 Å². The summed E-state index contributed by atoms with van der Waals surface area (Å²) in [6, 6.07) is 5.68. The molecular formula is C12H11N3O. The summed E-state index contributed by atoms with van der Waals surface area (Å²) < 4.78 is 0. The monoisotopic (exact) mass is 213 g/mol. The maximum Gasteiger partial charge on any atom is 0.262 e. The smallest absolute Gasteiger partial charge is 0.262 e. The SMILES string of the molecule is N#C/C(=C\c1ccncc1)C(=O)NC1CC1. The Labute approximate surface area is 93.6 Å². The fraction of sp³-hybridized carbons (Fsp3) is 0.250. The van der Waals surface area contributed by atoms with E-state index >= 15 is 0 Å². The van der Waals surface area contributed by atoms with Crippen molar-refractivity contribution in [2.75, 3.05) is 0 Å². The van der Waals surface area contributed by atoms with Gasteiger partial charge in [0.1, 0.15) is 11.6 Å². The van der Waals surface area contributed by atoms with E-state index in [1.54, 1.807) is 30.6 Å². The van der Waals surface area contributed by atoms with Gasteiger partial charge in [0.15, 0.2) is 0 Å². The number of hydrogen-bond donors (Lipinski definition) is 1. The molecule has 1 aromatic rings. The summed E-state index contributed by atoms with van der Waals surface area (Å²) >= 11 is 0. The highest BCUT2D eigenvalue weighted by molar-refractivity contribution is 6.01. The van der Waals surface area contributed by atoms with Crippen molar-refractivity contribution in [3.8, 4) is 6.07 Å². The van der Waals surface area contributed by atoms with Gasteiger partial charge in [-0.25, -0.2) is 0 Å². The zero-order valence-corrected chi connectivity index (χ0v) is 8.68. The Morgan fingerprint density at radius 2 is 2.19 bits per heavy atom. The Morgan fingerprint density at radius 3 is 2.75 bits per heavy atom. The Kier molecular flexibility index (Phi) is 2.97. The number of aromatic nitrogens is 1. The summed E-state index contributed by atoms with van der Waals surface area (Å²) in [6.45, 7) is 0. The highest BCUT2D eigenvalue weighted by atomic mass is 16.1. The van der Waals surface area contributed by atoms with E-state index < -0.39 is 0 Å². The third-order valence-corrected chi connectivity index (χ3v) is 2.29. The molecule has 1 N–H and O–H groups in total. The van der Waals surface area contributed by atoms with Gasteiger partial charge >= 0.3 is 0 Å². The van der Waals surface area contributed by atoms with Crippen molar-refractivity contribution in [2.45, 2.75) is 18.9 Å². The molecule has 0 spiro atoms. The minimum atomic E-state index is -0.290. The minimum absolute atomic E-state index is 0.137. The maximum atomic E-state index is 11.6. The minimum Gasteiger partial charge on any atom is -0.349 e. The van der Waals surface area contributed by atoms with Crippen molar-refractivity contribution in [1.29, 1.82) is 5.26 Å². The molecule has 0 aromatic carbocycles. The summed E-state index contributed by atoms with van der Waals surface area (Å²) in [6.07, 6.45) is 6.85. The van der Waals surface area contributed by atoms with Gasteiger partial charge in [-0.15, -0.1) is 0 Å². The highest BCUT2D eigenvalue weighted by Gasteiger charge is 2.24. The van der Waals surface area contributed by atoms with Gasteiger partial charge in [-0.2, -0.15) is 5.26 Å². The second kappa shape index (κ2) is 4.58. The average Bonchev–Trinajstić information content (AvgIpc) is 3.11. The molecule has 4 heteroatoms. The Morgan fingerprint density at radius 1 is 1.50 bits per heavy atom. The van der Waals surface area contributed by atoms with Gasteiger partial charge in [-0.05, 0) is 36.6 Å². The molecule has 1 saturated carbocycles. The largest absolute Gasteiger partial charge is 0.349 e. The molecule has 0 saturated heterocycles. The molecule has 0 aliphatic heterocycles. The molecule has 1 fully saturated rings. The number of amides is 1. The van der Waals surface area contributed by atoms with Crippen LogP contribution >= 0.6 is 0 Å². The number of nitrogens with zero attached hydrogens (tertiary/aromatic N) is 2. The number of rotatable bonds is 3. The zero-order chi connectivity index (χ0) is 11.4. The second-order valence-corrected chi connectivity index (χ2v) is 3.70. The van der Waals surface area contributed by atoms with Gasteiger partial charge in [0.25, 0.3) is 5.91 Å². The van der Waals surface area contributed by atoms with Crippen LogP contribution in [0.4, 0.5) is 0 Å². The van der Waals surface area contributed by atoms with E-state index in [2.05, 4.69) is 10.3 Å². The van der Waals surface area contributed by atoms with Crippen LogP contribution in [0.2, 0.25) is 0 Å². The summed E-state index contributed by atoms with van der Waals surface area (Å²) in [5, 5.41) is 11.7. The lowest BCUT2D eigenvalue weighted by atomic mass is 10.1. The van der Waals surface area contributed by atoms with E-state index in [1.807, 2.05) is 6.07 Å². The van der Waals surface area contributed by atoms with Crippen LogP contribution in [0.25, 0.3) is 6.08 Å². The average molecular weight is 213 g/mol. The van der Waals surface area contributed by atoms with E-state index in [0.29, 0.717) is 0 Å². The topological polar surface area (TPSA) is 65.8 Å². The third kappa shape index (κ3) is 2.67. The van der Waals surface area contributed by atoms with Crippen LogP contribution in [0, 0.1) is 11.3 Å². The molecule has 80 valence electrons. The molecule has 1 heterocycles. The van der Waals surface area contributed by atoms with Gasteiger partial charge in [-0.1, -0.05) is 0 Å². The first-order chi connectivity index (χ1) is 7.79. The number of carbonyl (C=O) groups excluding carboxylic acids is 1. The van der Waals surface area contributed by atoms with Crippen LogP contribution in [-0.4, -0.2) is 16.9 Å². The number of nitriles is 1. The first-order valence-corrected chi connectivity index (χ1v) is 5.12. The van der Waals surface area contributed by atoms with Gasteiger partial charge < -0.3 is 5.32 Å². The van der Waals surface area contributed by atoms with Crippen LogP contribution in [0.3, 0.4) is 0 Å². The molecule has 0 radical (unpaired) electrons. The number of hydrogen-bond acceptors (Lipinski definition) is 3. The zero-order valence-electron chi connectivity index (χ0n) is 8.68. The maximum absolute atomic E-state index is 11.6. The molecule has 16 heavy (non-hydrogen) atoms. The van der Waals surface area contributed by atoms with Gasteiger partial charge in [0.2, 0.25) is 0 Å². The van der Waals surface area contributed by atoms with Crippen LogP contribution in [0.5, 0.6) is 0 Å². The van der Waals surface area contributed by atoms with Gasteiger partial charge in [0.05, 0.1) is 0 Å². The molecule has 2 rings (SSSR count). The van der Waals surface area contributed by atoms with Crippen molar-refractivity contribution in [2.24, 2.45) is 0 Å². The van der Waals surface area contributed by atoms with Crippen LogP contribution in [-0.2, 0) is 4.79 Å². The van der Waals surface area contributed by atoms with Crippen LogP contribution in [0.15, 0.2) is 30.1 Å². The predicted octanol–water partition coefficient (Wildman–Crippen LogP) is 1.27. The number of pyridine rings is 1. The molecule has 1 aromatic heterocycles. The third-order valence-electron chi connectivity index (χ3n) is 2.29. The molecular weight excluding hydrogens is 202 g/mol. The first kappa shape index (κ1) is 10.4. The quantitative estimate of drug-likeness (QED) is 0.607. The van der Waals surface area contributed by atoms with Crippen LogP contribution < -0.4 is 5.32 Å². The first-order valence-electron chi connectivity index (χ1n) is 5.12. The summed E-state index contributed by atoms with van der Waals surface area (Å²) in [5.41, 5.74) is 0.940. The number of nitrogens with one attached hydrogen (secondary N) is 1. The van der Waals surface area contributed by atoms with Crippen molar-refractivity contribution in [1.82, 2.24) is 10.3 Å². The standard InChI is InChI=1S/C12H11N3O/c13-8-10(12(16)15-11-1-2-11)7-9-3-5-14-6-4-9/h3-7,11H,1-2H2,(H,15,16)/b10-7+. The summed E-state index contributed by atoms with van der Waals surface area (Å²) in [7, 11) is 0. The molecule has 4 nitrogen and oxygen atoms in total. The van der Waals surface area contributed by atoms with Crippen molar-refractivity contribution in [3.05, 3.63) is 35.7 Å². The van der Waals surface area contributed by atoms with Crippen molar-refractivity contribution in [3.63, 3.8) is 0 Å². The number of carbonyl (C=O) groups is 1. The van der Waals surface area contributed by atoms with Crippen molar-refractivity contribution >= 4 is 12.0 Å². The lowest BCUT2D eigenvalue weighted by Crippen LogP contribution is -2.26. The fourth-order valence-electron chi connectivity index (χ4n) is 1.27. The van der Waals surface area contributed by atoms with E-state index in [1.165, 1.54) is 0 Å². The molecule has 0 bridgehead atoms. The van der Waals surface area contributed by atoms with Gasteiger partial charge in [0, 0.05) is 18.4 Å². The molecule has 0 unspecified atom stereocenters. The molecule has 1 amide bonds. The lowest BCUT2D eigenvalue weighted by molar-refractivity contribution is -0.117. The fourth-order valence-corrected chi connectivity index (χ4v) is 1.27. The predicted molar refractivity (Wildman–Crippen MR) is 59.0 cm³/mol. The summed E-state index contributed by atoms with van der Waals surface area (Å²) in [5.74, 6) is -0.290. The Balaban J connectivity index is 2.12. The van der Waals surface area contributed by atoms with E-state index in [0.717, 1.165) is 18.4 Å². The lowest BCUT2D eigenvalue weighted by Gasteiger charge is -2.00. The van der Waals surface area contributed by atoms with E-state index in [4.69, 9.17) is 5.26 Å². The Hall–Kier alpha value is -2.15. The normalized spacial score (nSPS) is 15.3.